The van der Waals surface area contributed by atoms with Crippen LogP contribution >= 0.6 is 22.6 Å². The van der Waals surface area contributed by atoms with Crippen LogP contribution in [0.4, 0.5) is 0 Å². The fraction of sp³-hybridized carbons (Fsp3) is 0.455. The maximum absolute atomic E-state index is 5.61. The molecule has 2 nitrogen and oxygen atoms in total. The summed E-state index contributed by atoms with van der Waals surface area (Å²) in [6.07, 6.45) is 0. The first-order chi connectivity index (χ1) is 6.76. The maximum Gasteiger partial charge on any atom is 0.0936 e. The van der Waals surface area contributed by atoms with Crippen LogP contribution in [0.5, 0.6) is 0 Å². The zero-order valence-corrected chi connectivity index (χ0v) is 10.8. The third-order valence-corrected chi connectivity index (χ3v) is 2.68. The average Bonchev–Trinajstić information content (AvgIpc) is 2.19. The molecule has 0 atom stereocenters. The smallest absolute Gasteiger partial charge is 0.0936 e. The van der Waals surface area contributed by atoms with Gasteiger partial charge >= 0.3 is 0 Å². The van der Waals surface area contributed by atoms with E-state index < -0.39 is 0 Å². The van der Waals surface area contributed by atoms with Gasteiger partial charge in [0.1, 0.15) is 0 Å². The molecule has 1 aromatic carbocycles. The molecule has 0 saturated heterocycles. The topological polar surface area (TPSA) is 12.5 Å². The number of halogens is 1. The van der Waals surface area contributed by atoms with Gasteiger partial charge in [0, 0.05) is 16.7 Å². The van der Waals surface area contributed by atoms with E-state index in [2.05, 4.69) is 60.7 Å². The molecule has 1 aromatic rings. The number of nitrogens with zero attached hydrogens (tertiary/aromatic N) is 1. The predicted molar refractivity (Wildman–Crippen MR) is 66.9 cm³/mol. The van der Waals surface area contributed by atoms with E-state index in [0.717, 1.165) is 13.1 Å². The SMILES string of the molecule is CCN(CC)OCc1cccc(I)c1. The van der Waals surface area contributed by atoms with Crippen LogP contribution in [0.1, 0.15) is 19.4 Å². The Kier molecular flexibility index (Phi) is 5.44. The summed E-state index contributed by atoms with van der Waals surface area (Å²) in [4.78, 5) is 5.61. The van der Waals surface area contributed by atoms with Crippen molar-refractivity contribution in [2.45, 2.75) is 20.5 Å². The van der Waals surface area contributed by atoms with Crippen molar-refractivity contribution < 1.29 is 4.84 Å². The summed E-state index contributed by atoms with van der Waals surface area (Å²) in [5, 5.41) is 1.96. The van der Waals surface area contributed by atoms with Crippen LogP contribution in [-0.2, 0) is 11.4 Å². The Hall–Kier alpha value is -0.130. The second-order valence-electron chi connectivity index (χ2n) is 3.02. The summed E-state index contributed by atoms with van der Waals surface area (Å²) in [5.74, 6) is 0. The molecule has 3 heteroatoms. The maximum atomic E-state index is 5.61. The molecule has 0 saturated carbocycles. The van der Waals surface area contributed by atoms with E-state index in [9.17, 15) is 0 Å². The van der Waals surface area contributed by atoms with Gasteiger partial charge in [0.05, 0.1) is 6.61 Å². The van der Waals surface area contributed by atoms with E-state index in [0.29, 0.717) is 6.61 Å². The molecule has 0 unspecified atom stereocenters. The Morgan fingerprint density at radius 3 is 2.57 bits per heavy atom. The second kappa shape index (κ2) is 6.37. The lowest BCUT2D eigenvalue weighted by molar-refractivity contribution is -0.163. The summed E-state index contributed by atoms with van der Waals surface area (Å²) >= 11 is 2.31. The lowest BCUT2D eigenvalue weighted by Crippen LogP contribution is -2.22. The second-order valence-corrected chi connectivity index (χ2v) is 4.26. The molecule has 0 N–H and O–H groups in total. The molecule has 0 amide bonds. The average molecular weight is 305 g/mol. The number of hydroxylamine groups is 2. The minimum atomic E-state index is 0.665. The van der Waals surface area contributed by atoms with E-state index in [1.165, 1.54) is 9.13 Å². The summed E-state index contributed by atoms with van der Waals surface area (Å²) in [7, 11) is 0. The molecular weight excluding hydrogens is 289 g/mol. The van der Waals surface area contributed by atoms with Crippen LogP contribution in [-0.4, -0.2) is 18.2 Å². The molecule has 0 radical (unpaired) electrons. The van der Waals surface area contributed by atoms with Crippen molar-refractivity contribution in [3.8, 4) is 0 Å². The Morgan fingerprint density at radius 1 is 1.29 bits per heavy atom. The number of benzene rings is 1. The quantitative estimate of drug-likeness (QED) is 0.612. The van der Waals surface area contributed by atoms with Crippen LogP contribution in [0, 0.1) is 3.57 Å². The van der Waals surface area contributed by atoms with Gasteiger partial charge in [-0.05, 0) is 40.3 Å². The van der Waals surface area contributed by atoms with Crippen molar-refractivity contribution >= 4 is 22.6 Å². The largest absolute Gasteiger partial charge is 0.294 e. The normalized spacial score (nSPS) is 10.9. The number of hydrogen-bond donors (Lipinski definition) is 0. The molecular formula is C11H16INO. The third-order valence-electron chi connectivity index (χ3n) is 2.01. The molecule has 0 fully saturated rings. The molecule has 0 aliphatic rings. The van der Waals surface area contributed by atoms with E-state index in [1.54, 1.807) is 0 Å². The van der Waals surface area contributed by atoms with E-state index in [4.69, 9.17) is 4.84 Å². The monoisotopic (exact) mass is 305 g/mol. The molecule has 0 heterocycles. The van der Waals surface area contributed by atoms with Crippen molar-refractivity contribution in [1.29, 1.82) is 0 Å². The van der Waals surface area contributed by atoms with E-state index >= 15 is 0 Å². The van der Waals surface area contributed by atoms with Crippen LogP contribution < -0.4 is 0 Å². The summed E-state index contributed by atoms with van der Waals surface area (Å²) < 4.78 is 1.25. The van der Waals surface area contributed by atoms with Gasteiger partial charge in [-0.25, -0.2) is 0 Å². The first-order valence-corrected chi connectivity index (χ1v) is 5.96. The highest BCUT2D eigenvalue weighted by molar-refractivity contribution is 14.1. The van der Waals surface area contributed by atoms with Crippen molar-refractivity contribution in [3.05, 3.63) is 33.4 Å². The highest BCUT2D eigenvalue weighted by Crippen LogP contribution is 2.09. The first kappa shape index (κ1) is 11.9. The van der Waals surface area contributed by atoms with E-state index in [1.807, 2.05) is 5.06 Å². The Labute approximate surface area is 99.3 Å². The number of hydrogen-bond acceptors (Lipinski definition) is 2. The lowest BCUT2D eigenvalue weighted by Gasteiger charge is -2.17. The predicted octanol–water partition coefficient (Wildman–Crippen LogP) is 3.06. The van der Waals surface area contributed by atoms with Gasteiger partial charge in [0.2, 0.25) is 0 Å². The molecule has 14 heavy (non-hydrogen) atoms. The van der Waals surface area contributed by atoms with Gasteiger partial charge in [-0.1, -0.05) is 26.0 Å². The standard InChI is InChI=1S/C11H16INO/c1-3-13(4-2)14-9-10-6-5-7-11(12)8-10/h5-8H,3-4,9H2,1-2H3. The van der Waals surface area contributed by atoms with Crippen molar-refractivity contribution in [2.75, 3.05) is 13.1 Å². The lowest BCUT2D eigenvalue weighted by atomic mass is 10.2. The minimum Gasteiger partial charge on any atom is -0.294 e. The molecule has 0 aromatic heterocycles. The Bertz CT molecular complexity index is 274. The van der Waals surface area contributed by atoms with Gasteiger partial charge in [-0.3, -0.25) is 4.84 Å². The van der Waals surface area contributed by atoms with Crippen molar-refractivity contribution in [1.82, 2.24) is 5.06 Å². The molecule has 78 valence electrons. The molecule has 0 aliphatic heterocycles. The van der Waals surface area contributed by atoms with Gasteiger partial charge in [-0.15, -0.1) is 0 Å². The van der Waals surface area contributed by atoms with Gasteiger partial charge in [-0.2, -0.15) is 5.06 Å². The van der Waals surface area contributed by atoms with Crippen LogP contribution in [0.15, 0.2) is 24.3 Å². The van der Waals surface area contributed by atoms with Crippen molar-refractivity contribution in [2.24, 2.45) is 0 Å². The van der Waals surface area contributed by atoms with Crippen LogP contribution in [0.25, 0.3) is 0 Å². The van der Waals surface area contributed by atoms with E-state index in [-0.39, 0.29) is 0 Å². The van der Waals surface area contributed by atoms with Gasteiger partial charge in [0.15, 0.2) is 0 Å². The van der Waals surface area contributed by atoms with Gasteiger partial charge < -0.3 is 0 Å². The van der Waals surface area contributed by atoms with Crippen LogP contribution in [0.2, 0.25) is 0 Å². The number of rotatable bonds is 5. The summed E-state index contributed by atoms with van der Waals surface area (Å²) in [6.45, 7) is 6.72. The zero-order valence-electron chi connectivity index (χ0n) is 8.66. The van der Waals surface area contributed by atoms with Gasteiger partial charge in [0.25, 0.3) is 0 Å². The summed E-state index contributed by atoms with van der Waals surface area (Å²) in [5.41, 5.74) is 1.23. The summed E-state index contributed by atoms with van der Waals surface area (Å²) in [6, 6.07) is 8.37. The molecule has 0 spiro atoms. The molecule has 0 aliphatic carbocycles. The third kappa shape index (κ3) is 3.94. The van der Waals surface area contributed by atoms with Crippen molar-refractivity contribution in [3.63, 3.8) is 0 Å². The minimum absolute atomic E-state index is 0.665. The molecule has 0 bridgehead atoms. The Balaban J connectivity index is 2.44. The Morgan fingerprint density at radius 2 is 2.00 bits per heavy atom. The fourth-order valence-electron chi connectivity index (χ4n) is 1.20. The zero-order chi connectivity index (χ0) is 10.4. The van der Waals surface area contributed by atoms with Crippen LogP contribution in [0.3, 0.4) is 0 Å². The molecule has 1 rings (SSSR count). The first-order valence-electron chi connectivity index (χ1n) is 4.88. The fourth-order valence-corrected chi connectivity index (χ4v) is 1.81. The highest BCUT2D eigenvalue weighted by atomic mass is 127. The highest BCUT2D eigenvalue weighted by Gasteiger charge is 1.99.